The van der Waals surface area contributed by atoms with Crippen molar-refractivity contribution in [2.75, 3.05) is 0 Å². The van der Waals surface area contributed by atoms with Gasteiger partial charge >= 0.3 is 23.9 Å². The molecule has 1 atom stereocenters. The molecule has 2 fully saturated rings. The van der Waals surface area contributed by atoms with Gasteiger partial charge in [0.1, 0.15) is 0 Å². The predicted octanol–water partition coefficient (Wildman–Crippen LogP) is -0.968. The Bertz CT molecular complexity index is 490. The first kappa shape index (κ1) is 14.1. The lowest BCUT2D eigenvalue weighted by molar-refractivity contribution is -0.299. The second-order valence-electron chi connectivity index (χ2n) is 4.65. The molecule has 2 aliphatic heterocycles. The maximum atomic E-state index is 12.0. The maximum Gasteiger partial charge on any atom is 0.424 e. The molecular formula is C10H12N2O8. The molecule has 2 aliphatic rings. The molecule has 0 aromatic carbocycles. The third-order valence-electron chi connectivity index (χ3n) is 2.62. The highest BCUT2D eigenvalue weighted by molar-refractivity contribution is 5.93. The number of rotatable bonds is 1. The van der Waals surface area contributed by atoms with E-state index in [1.54, 1.807) is 0 Å². The quantitative estimate of drug-likeness (QED) is 0.654. The molecule has 20 heavy (non-hydrogen) atoms. The van der Waals surface area contributed by atoms with Crippen LogP contribution in [0.3, 0.4) is 0 Å². The normalized spacial score (nSPS) is 27.4. The molecule has 0 spiro atoms. The molecule has 2 heterocycles. The Balaban J connectivity index is 2.45. The summed E-state index contributed by atoms with van der Waals surface area (Å²) >= 11 is 0. The molecule has 2 amide bonds. The number of amides is 2. The van der Waals surface area contributed by atoms with Crippen molar-refractivity contribution in [3.05, 3.63) is 0 Å². The molecular weight excluding hydrogens is 276 g/mol. The van der Waals surface area contributed by atoms with Crippen LogP contribution in [0.15, 0.2) is 0 Å². The standard InChI is InChI=1S/C10H12N2O8/c1-5(2)11-9(16)12-19-7(14)4-10(17,8(15)20-12)3-6(13)18-11/h5,17H,3-4H2,1-2H3. The van der Waals surface area contributed by atoms with Gasteiger partial charge in [-0.15, -0.1) is 5.06 Å². The van der Waals surface area contributed by atoms with E-state index in [9.17, 15) is 24.3 Å². The number of nitrogens with zero attached hydrogens (tertiary/aromatic N) is 2. The molecule has 10 nitrogen and oxygen atoms in total. The summed E-state index contributed by atoms with van der Waals surface area (Å²) in [6.07, 6.45) is -1.67. The number of aliphatic hydroxyl groups is 1. The van der Waals surface area contributed by atoms with E-state index in [-0.39, 0.29) is 5.23 Å². The smallest absolute Gasteiger partial charge is 0.377 e. The molecule has 110 valence electrons. The number of urea groups is 1. The van der Waals surface area contributed by atoms with Crippen LogP contribution in [0.5, 0.6) is 0 Å². The second-order valence-corrected chi connectivity index (χ2v) is 4.65. The lowest BCUT2D eigenvalue weighted by Crippen LogP contribution is -2.47. The van der Waals surface area contributed by atoms with Gasteiger partial charge in [-0.3, -0.25) is 4.84 Å². The van der Waals surface area contributed by atoms with E-state index in [0.29, 0.717) is 5.06 Å². The van der Waals surface area contributed by atoms with Crippen molar-refractivity contribution in [1.29, 1.82) is 0 Å². The number of hydrogen-bond acceptors (Lipinski definition) is 8. The minimum absolute atomic E-state index is 0.0127. The fraction of sp³-hybridized carbons (Fsp3) is 0.600. The first-order chi connectivity index (χ1) is 9.23. The van der Waals surface area contributed by atoms with Gasteiger partial charge in [0.25, 0.3) is 0 Å². The molecule has 0 saturated carbocycles. The molecule has 1 unspecified atom stereocenters. The zero-order valence-corrected chi connectivity index (χ0v) is 10.7. The molecule has 0 aromatic rings. The molecule has 10 heteroatoms. The van der Waals surface area contributed by atoms with Gasteiger partial charge in [0, 0.05) is 5.23 Å². The highest BCUT2D eigenvalue weighted by Crippen LogP contribution is 2.26. The van der Waals surface area contributed by atoms with Crippen LogP contribution >= 0.6 is 0 Å². The molecule has 2 rings (SSSR count). The Kier molecular flexibility index (Phi) is 3.26. The Morgan fingerprint density at radius 3 is 2.15 bits per heavy atom. The van der Waals surface area contributed by atoms with Gasteiger partial charge in [0.2, 0.25) is 0 Å². The topological polar surface area (TPSA) is 123 Å². The molecule has 2 bridgehead atoms. The van der Waals surface area contributed by atoms with Crippen molar-refractivity contribution in [3.8, 4) is 0 Å². The summed E-state index contributed by atoms with van der Waals surface area (Å²) in [5.41, 5.74) is -2.43. The average molecular weight is 288 g/mol. The average Bonchev–Trinajstić information content (AvgIpc) is 2.40. The first-order valence-electron chi connectivity index (χ1n) is 5.72. The van der Waals surface area contributed by atoms with E-state index in [2.05, 4.69) is 9.68 Å². The Labute approximate surface area is 112 Å². The van der Waals surface area contributed by atoms with Gasteiger partial charge < -0.3 is 14.8 Å². The van der Waals surface area contributed by atoms with E-state index in [4.69, 9.17) is 4.84 Å². The van der Waals surface area contributed by atoms with E-state index in [1.807, 2.05) is 0 Å². The van der Waals surface area contributed by atoms with Gasteiger partial charge in [0.15, 0.2) is 5.60 Å². The predicted molar refractivity (Wildman–Crippen MR) is 56.7 cm³/mol. The lowest BCUT2D eigenvalue weighted by atomic mass is 9.96. The second kappa shape index (κ2) is 4.63. The molecule has 1 N–H and O–H groups in total. The fourth-order valence-electron chi connectivity index (χ4n) is 1.65. The van der Waals surface area contributed by atoms with Gasteiger partial charge in [-0.1, -0.05) is 0 Å². The number of carbonyl (C=O) groups is 4. The van der Waals surface area contributed by atoms with Crippen LogP contribution in [0.25, 0.3) is 0 Å². The minimum atomic E-state index is -2.43. The fourth-order valence-corrected chi connectivity index (χ4v) is 1.65. The molecule has 2 saturated heterocycles. The van der Waals surface area contributed by atoms with Crippen LogP contribution in [0, 0.1) is 0 Å². The summed E-state index contributed by atoms with van der Waals surface area (Å²) < 4.78 is 0. The molecule has 0 aromatic heterocycles. The van der Waals surface area contributed by atoms with Crippen molar-refractivity contribution in [2.24, 2.45) is 0 Å². The maximum absolute atomic E-state index is 12.0. The van der Waals surface area contributed by atoms with Crippen molar-refractivity contribution < 1.29 is 38.8 Å². The summed E-state index contributed by atoms with van der Waals surface area (Å²) in [6.45, 7) is 3.03. The summed E-state index contributed by atoms with van der Waals surface area (Å²) in [5.74, 6) is -3.49. The molecule has 0 aliphatic carbocycles. The van der Waals surface area contributed by atoms with Gasteiger partial charge in [0.05, 0.1) is 18.9 Å². The van der Waals surface area contributed by atoms with Crippen LogP contribution in [0.1, 0.15) is 26.7 Å². The zero-order valence-electron chi connectivity index (χ0n) is 10.7. The largest absolute Gasteiger partial charge is 0.424 e. The van der Waals surface area contributed by atoms with Crippen molar-refractivity contribution >= 4 is 23.9 Å². The van der Waals surface area contributed by atoms with E-state index in [0.717, 1.165) is 0 Å². The Morgan fingerprint density at radius 2 is 1.60 bits per heavy atom. The number of hydroxylamine groups is 4. The third-order valence-corrected chi connectivity index (χ3v) is 2.62. The number of carbonyl (C=O) groups excluding carboxylic acids is 4. The Morgan fingerprint density at radius 1 is 1.05 bits per heavy atom. The highest BCUT2D eigenvalue weighted by atomic mass is 17.0. The van der Waals surface area contributed by atoms with E-state index in [1.165, 1.54) is 13.8 Å². The molecule has 0 radical (unpaired) electrons. The minimum Gasteiger partial charge on any atom is -0.377 e. The van der Waals surface area contributed by atoms with Gasteiger partial charge in [-0.2, -0.15) is 0 Å². The number of hydrogen-bond donors (Lipinski definition) is 1. The SMILES string of the molecule is CC(C)N1OC(=O)CC2(O)CC(=O)ON(OC2=O)C1=O. The van der Waals surface area contributed by atoms with Crippen molar-refractivity contribution in [3.63, 3.8) is 0 Å². The Hall–Kier alpha value is -2.36. The van der Waals surface area contributed by atoms with Crippen LogP contribution in [0.2, 0.25) is 0 Å². The van der Waals surface area contributed by atoms with Crippen LogP contribution in [0.4, 0.5) is 4.79 Å². The lowest BCUT2D eigenvalue weighted by Gasteiger charge is -2.27. The summed E-state index contributed by atoms with van der Waals surface area (Å²) in [4.78, 5) is 60.5. The van der Waals surface area contributed by atoms with Crippen LogP contribution < -0.4 is 0 Å². The summed E-state index contributed by atoms with van der Waals surface area (Å²) in [6, 6.07) is -1.79. The van der Waals surface area contributed by atoms with Crippen molar-refractivity contribution in [1.82, 2.24) is 10.3 Å². The van der Waals surface area contributed by atoms with Gasteiger partial charge in [-0.05, 0) is 13.8 Å². The zero-order chi connectivity index (χ0) is 15.1. The van der Waals surface area contributed by atoms with Crippen molar-refractivity contribution in [2.45, 2.75) is 38.3 Å². The summed E-state index contributed by atoms with van der Waals surface area (Å²) in [5, 5.41) is 10.6. The highest BCUT2D eigenvalue weighted by Gasteiger charge is 2.51. The number of fused-ring (bicyclic) bond motifs is 3. The summed E-state index contributed by atoms with van der Waals surface area (Å²) in [7, 11) is 0. The first-order valence-corrected chi connectivity index (χ1v) is 5.72. The monoisotopic (exact) mass is 288 g/mol. The van der Waals surface area contributed by atoms with Crippen LogP contribution in [-0.2, 0) is 28.9 Å². The van der Waals surface area contributed by atoms with E-state index >= 15 is 0 Å². The van der Waals surface area contributed by atoms with E-state index < -0.39 is 48.4 Å². The third kappa shape index (κ3) is 2.37. The van der Waals surface area contributed by atoms with Crippen LogP contribution in [-0.4, -0.2) is 51.0 Å². The van der Waals surface area contributed by atoms with Gasteiger partial charge in [-0.25, -0.2) is 19.2 Å².